The fraction of sp³-hybridized carbons (Fsp3) is 0.515. The van der Waals surface area contributed by atoms with E-state index in [0.717, 1.165) is 24.8 Å². The Morgan fingerprint density at radius 2 is 1.13 bits per heavy atom. The topological polar surface area (TPSA) is 57.6 Å². The van der Waals surface area contributed by atoms with E-state index >= 15 is 0 Å². The van der Waals surface area contributed by atoms with Gasteiger partial charge in [0.05, 0.1) is 11.6 Å². The fourth-order valence-corrected chi connectivity index (χ4v) is 5.59. The van der Waals surface area contributed by atoms with Crippen LogP contribution in [-0.4, -0.2) is 28.2 Å². The maximum atomic E-state index is 13.1. The van der Waals surface area contributed by atoms with Crippen LogP contribution in [0.1, 0.15) is 114 Å². The minimum atomic E-state index is -0.659. The van der Waals surface area contributed by atoms with Crippen molar-refractivity contribution in [1.82, 2.24) is 4.90 Å². The summed E-state index contributed by atoms with van der Waals surface area (Å²) >= 11 is 12.1. The van der Waals surface area contributed by atoms with E-state index in [4.69, 9.17) is 23.2 Å². The molecule has 1 amide bonds. The minimum Gasteiger partial charge on any atom is -0.507 e. The van der Waals surface area contributed by atoms with Crippen LogP contribution < -0.4 is 0 Å². The maximum Gasteiger partial charge on any atom is 0.295 e. The molecule has 0 bridgehead atoms. The molecule has 1 saturated heterocycles. The predicted octanol–water partition coefficient (Wildman–Crippen LogP) is 9.90. The van der Waals surface area contributed by atoms with Crippen molar-refractivity contribution >= 4 is 40.7 Å². The zero-order valence-corrected chi connectivity index (χ0v) is 24.8. The van der Waals surface area contributed by atoms with Crippen molar-refractivity contribution in [2.75, 3.05) is 6.54 Å². The quantitative estimate of drug-likeness (QED) is 0.0888. The number of halogens is 2. The molecule has 39 heavy (non-hydrogen) atoms. The van der Waals surface area contributed by atoms with Crippen molar-refractivity contribution in [2.24, 2.45) is 0 Å². The molecule has 0 saturated carbocycles. The van der Waals surface area contributed by atoms with Gasteiger partial charge in [-0.3, -0.25) is 9.59 Å². The first-order valence-electron chi connectivity index (χ1n) is 14.7. The van der Waals surface area contributed by atoms with Gasteiger partial charge >= 0.3 is 0 Å². The summed E-state index contributed by atoms with van der Waals surface area (Å²) in [4.78, 5) is 27.8. The van der Waals surface area contributed by atoms with Crippen LogP contribution in [-0.2, 0) is 9.59 Å². The monoisotopic (exact) mass is 571 g/mol. The van der Waals surface area contributed by atoms with Crippen LogP contribution in [0.2, 0.25) is 10.0 Å². The van der Waals surface area contributed by atoms with Crippen LogP contribution in [0.15, 0.2) is 54.1 Å². The van der Waals surface area contributed by atoms with E-state index in [9.17, 15) is 14.7 Å². The lowest BCUT2D eigenvalue weighted by Gasteiger charge is -2.25. The Labute approximate surface area is 244 Å². The number of carbonyl (C=O) groups excluding carboxylic acids is 2. The number of benzene rings is 2. The highest BCUT2D eigenvalue weighted by Crippen LogP contribution is 2.40. The number of hydrogen-bond donors (Lipinski definition) is 1. The minimum absolute atomic E-state index is 0.106. The number of unbranched alkanes of at least 4 members (excludes halogenated alkanes) is 13. The van der Waals surface area contributed by atoms with Gasteiger partial charge < -0.3 is 10.0 Å². The summed E-state index contributed by atoms with van der Waals surface area (Å²) in [5.74, 6) is -1.42. The second kappa shape index (κ2) is 16.7. The SMILES string of the molecule is CCCCCCCCCCCCCCCCN1C(=O)C(=O)C(=C(O)c2ccc(Cl)cc2)C1c1ccc(Cl)cc1. The highest BCUT2D eigenvalue weighted by Gasteiger charge is 2.45. The van der Waals surface area contributed by atoms with Gasteiger partial charge in [0.2, 0.25) is 0 Å². The zero-order valence-electron chi connectivity index (χ0n) is 23.3. The van der Waals surface area contributed by atoms with E-state index in [0.29, 0.717) is 22.2 Å². The first kappa shape index (κ1) is 31.2. The molecule has 1 fully saturated rings. The Kier molecular flexibility index (Phi) is 13.4. The van der Waals surface area contributed by atoms with E-state index in [-0.39, 0.29) is 11.3 Å². The predicted molar refractivity (Wildman–Crippen MR) is 162 cm³/mol. The molecular weight excluding hydrogens is 529 g/mol. The van der Waals surface area contributed by atoms with Gasteiger partial charge in [-0.05, 0) is 48.4 Å². The molecule has 1 aliphatic heterocycles. The molecule has 1 heterocycles. The molecule has 2 aromatic carbocycles. The lowest BCUT2D eigenvalue weighted by molar-refractivity contribution is -0.139. The largest absolute Gasteiger partial charge is 0.507 e. The summed E-state index contributed by atoms with van der Waals surface area (Å²) in [6, 6.07) is 13.1. The number of amides is 1. The van der Waals surface area contributed by atoms with Gasteiger partial charge in [0.25, 0.3) is 11.7 Å². The zero-order chi connectivity index (χ0) is 28.0. The third kappa shape index (κ3) is 9.39. The Balaban J connectivity index is 1.52. The van der Waals surface area contributed by atoms with Crippen molar-refractivity contribution in [1.29, 1.82) is 0 Å². The number of likely N-dealkylation sites (tertiary alicyclic amines) is 1. The number of hydrogen-bond acceptors (Lipinski definition) is 3. The van der Waals surface area contributed by atoms with Crippen LogP contribution in [0.4, 0.5) is 0 Å². The van der Waals surface area contributed by atoms with Gasteiger partial charge in [0, 0.05) is 22.2 Å². The first-order chi connectivity index (χ1) is 18.9. The normalized spacial score (nSPS) is 16.8. The highest BCUT2D eigenvalue weighted by atomic mass is 35.5. The van der Waals surface area contributed by atoms with Crippen molar-refractivity contribution in [2.45, 2.75) is 103 Å². The molecule has 6 heteroatoms. The van der Waals surface area contributed by atoms with Crippen molar-refractivity contribution < 1.29 is 14.7 Å². The standard InChI is InChI=1S/C33H43Cl2NO3/c1-2-3-4-5-6-7-8-9-10-11-12-13-14-15-24-36-30(25-16-20-27(34)21-17-25)29(32(38)33(36)39)31(37)26-18-22-28(35)23-19-26/h16-23,30,37H,2-15,24H2,1H3. The Bertz CT molecular complexity index is 1080. The number of Topliss-reactive ketones (excluding diaryl/α,β-unsaturated/α-hetero) is 1. The van der Waals surface area contributed by atoms with Crippen LogP contribution in [0.5, 0.6) is 0 Å². The van der Waals surface area contributed by atoms with E-state index in [2.05, 4.69) is 6.92 Å². The number of aliphatic hydroxyl groups is 1. The first-order valence-corrected chi connectivity index (χ1v) is 15.5. The molecule has 0 aliphatic carbocycles. The Hall–Kier alpha value is -2.30. The van der Waals surface area contributed by atoms with E-state index in [1.54, 1.807) is 41.3 Å². The number of rotatable bonds is 17. The Morgan fingerprint density at radius 1 is 0.692 bits per heavy atom. The van der Waals surface area contributed by atoms with Gasteiger partial charge in [0.15, 0.2) is 0 Å². The van der Waals surface area contributed by atoms with Crippen LogP contribution in [0.25, 0.3) is 5.76 Å². The third-order valence-electron chi connectivity index (χ3n) is 7.60. The lowest BCUT2D eigenvalue weighted by atomic mass is 9.95. The van der Waals surface area contributed by atoms with Crippen molar-refractivity contribution in [3.63, 3.8) is 0 Å². The molecule has 1 N–H and O–H groups in total. The molecule has 4 nitrogen and oxygen atoms in total. The molecule has 1 unspecified atom stereocenters. The lowest BCUT2D eigenvalue weighted by Crippen LogP contribution is -2.30. The number of nitrogens with zero attached hydrogens (tertiary/aromatic N) is 1. The van der Waals surface area contributed by atoms with Gasteiger partial charge in [-0.15, -0.1) is 0 Å². The van der Waals surface area contributed by atoms with E-state index in [1.165, 1.54) is 70.6 Å². The van der Waals surface area contributed by atoms with Crippen LogP contribution in [0, 0.1) is 0 Å². The average molecular weight is 573 g/mol. The van der Waals surface area contributed by atoms with Crippen LogP contribution in [0.3, 0.4) is 0 Å². The highest BCUT2D eigenvalue weighted by molar-refractivity contribution is 6.46. The summed E-state index contributed by atoms with van der Waals surface area (Å²) in [5.41, 5.74) is 1.31. The molecule has 1 aliphatic rings. The molecule has 0 radical (unpaired) electrons. The summed E-state index contributed by atoms with van der Waals surface area (Å²) in [5, 5.41) is 12.2. The molecule has 1 atom stereocenters. The molecular formula is C33H43Cl2NO3. The van der Waals surface area contributed by atoms with E-state index in [1.807, 2.05) is 12.1 Å². The fourth-order valence-electron chi connectivity index (χ4n) is 5.34. The van der Waals surface area contributed by atoms with Crippen molar-refractivity contribution in [3.05, 3.63) is 75.3 Å². The van der Waals surface area contributed by atoms with Gasteiger partial charge in [-0.2, -0.15) is 0 Å². The summed E-state index contributed by atoms with van der Waals surface area (Å²) < 4.78 is 0. The summed E-state index contributed by atoms with van der Waals surface area (Å²) in [7, 11) is 0. The summed E-state index contributed by atoms with van der Waals surface area (Å²) in [6.07, 6.45) is 17.6. The van der Waals surface area contributed by atoms with Gasteiger partial charge in [-0.1, -0.05) is 126 Å². The van der Waals surface area contributed by atoms with E-state index < -0.39 is 17.7 Å². The molecule has 3 rings (SSSR count). The smallest absolute Gasteiger partial charge is 0.295 e. The maximum absolute atomic E-state index is 13.1. The number of ketones is 1. The summed E-state index contributed by atoms with van der Waals surface area (Å²) in [6.45, 7) is 2.72. The van der Waals surface area contributed by atoms with Gasteiger partial charge in [0.1, 0.15) is 5.76 Å². The third-order valence-corrected chi connectivity index (χ3v) is 8.10. The molecule has 0 aromatic heterocycles. The molecule has 0 spiro atoms. The number of aliphatic hydroxyl groups excluding tert-OH is 1. The second-order valence-electron chi connectivity index (χ2n) is 10.6. The average Bonchev–Trinajstić information content (AvgIpc) is 3.18. The Morgan fingerprint density at radius 3 is 1.62 bits per heavy atom. The molecule has 2 aromatic rings. The second-order valence-corrected chi connectivity index (χ2v) is 11.5. The van der Waals surface area contributed by atoms with Crippen LogP contribution >= 0.6 is 23.2 Å². The molecule has 212 valence electrons. The number of carbonyl (C=O) groups is 2. The van der Waals surface area contributed by atoms with Gasteiger partial charge in [-0.25, -0.2) is 0 Å². The van der Waals surface area contributed by atoms with Crippen molar-refractivity contribution in [3.8, 4) is 0 Å².